The molecular formula is C16H16ClN3O2. The van der Waals surface area contributed by atoms with Crippen LogP contribution in [0, 0.1) is 0 Å². The van der Waals surface area contributed by atoms with Crippen LogP contribution in [0.4, 0.5) is 5.69 Å². The number of hydrogen-bond acceptors (Lipinski definition) is 2. The molecular weight excluding hydrogens is 302 g/mol. The maximum absolute atomic E-state index is 12.4. The van der Waals surface area contributed by atoms with Gasteiger partial charge in [0.25, 0.3) is 5.91 Å². The third-order valence-corrected chi connectivity index (χ3v) is 4.14. The molecule has 1 saturated heterocycles. The first kappa shape index (κ1) is 14.7. The molecule has 0 spiro atoms. The lowest BCUT2D eigenvalue weighted by Gasteiger charge is -2.39. The number of piperazine rings is 1. The van der Waals surface area contributed by atoms with Gasteiger partial charge in [-0.05, 0) is 31.2 Å². The summed E-state index contributed by atoms with van der Waals surface area (Å²) in [6.45, 7) is 2.40. The van der Waals surface area contributed by atoms with Gasteiger partial charge in [0, 0.05) is 18.8 Å². The second-order valence-corrected chi connectivity index (χ2v) is 5.73. The number of nitrogens with one attached hydrogen (secondary N) is 1. The summed E-state index contributed by atoms with van der Waals surface area (Å²) in [5.74, 6) is -0.296. The van der Waals surface area contributed by atoms with Gasteiger partial charge in [-0.1, -0.05) is 23.7 Å². The van der Waals surface area contributed by atoms with Crippen LogP contribution >= 0.6 is 11.6 Å². The van der Waals surface area contributed by atoms with Gasteiger partial charge < -0.3 is 14.8 Å². The fourth-order valence-electron chi connectivity index (χ4n) is 2.64. The molecule has 1 aliphatic heterocycles. The molecule has 0 unspecified atom stereocenters. The SMILES string of the molecule is C[C@H]1CN(c2ccccc2Cl)C(=O)CN1C(=O)c1ccc[nH]1. The minimum Gasteiger partial charge on any atom is -0.357 e. The van der Waals surface area contributed by atoms with Gasteiger partial charge in [0.05, 0.1) is 10.7 Å². The fourth-order valence-corrected chi connectivity index (χ4v) is 2.88. The van der Waals surface area contributed by atoms with Crippen LogP contribution in [0.3, 0.4) is 0 Å². The number of amides is 2. The molecule has 1 aromatic carbocycles. The van der Waals surface area contributed by atoms with Gasteiger partial charge in [-0.3, -0.25) is 9.59 Å². The van der Waals surface area contributed by atoms with E-state index in [0.717, 1.165) is 0 Å². The Kier molecular flexibility index (Phi) is 3.90. The number of aromatic amines is 1. The zero-order valence-corrected chi connectivity index (χ0v) is 12.9. The van der Waals surface area contributed by atoms with Gasteiger partial charge in [0.2, 0.25) is 5.91 Å². The molecule has 114 valence electrons. The molecule has 22 heavy (non-hydrogen) atoms. The van der Waals surface area contributed by atoms with E-state index in [1.54, 1.807) is 34.2 Å². The Morgan fingerprint density at radius 1 is 1.27 bits per heavy atom. The van der Waals surface area contributed by atoms with Crippen molar-refractivity contribution in [3.8, 4) is 0 Å². The Hall–Kier alpha value is -2.27. The molecule has 6 heteroatoms. The first-order valence-corrected chi connectivity index (χ1v) is 7.45. The zero-order valence-electron chi connectivity index (χ0n) is 12.1. The van der Waals surface area contributed by atoms with Gasteiger partial charge >= 0.3 is 0 Å². The highest BCUT2D eigenvalue weighted by Gasteiger charge is 2.34. The number of nitrogens with zero attached hydrogens (tertiary/aromatic N) is 2. The number of carbonyl (C=O) groups excluding carboxylic acids is 2. The third kappa shape index (κ3) is 2.60. The summed E-state index contributed by atoms with van der Waals surface area (Å²) in [6.07, 6.45) is 1.69. The van der Waals surface area contributed by atoms with Crippen molar-refractivity contribution in [2.45, 2.75) is 13.0 Å². The normalized spacial score (nSPS) is 18.6. The van der Waals surface area contributed by atoms with E-state index < -0.39 is 0 Å². The summed E-state index contributed by atoms with van der Waals surface area (Å²) in [5, 5.41) is 0.534. The van der Waals surface area contributed by atoms with E-state index in [4.69, 9.17) is 11.6 Å². The van der Waals surface area contributed by atoms with E-state index in [-0.39, 0.29) is 24.4 Å². The number of benzene rings is 1. The Labute approximate surface area is 133 Å². The molecule has 1 N–H and O–H groups in total. The number of para-hydroxylation sites is 1. The smallest absolute Gasteiger partial charge is 0.271 e. The fraction of sp³-hybridized carbons (Fsp3) is 0.250. The van der Waals surface area contributed by atoms with E-state index in [1.807, 2.05) is 25.1 Å². The highest BCUT2D eigenvalue weighted by Crippen LogP contribution is 2.28. The molecule has 0 radical (unpaired) electrons. The van der Waals surface area contributed by atoms with Gasteiger partial charge in [-0.15, -0.1) is 0 Å². The molecule has 0 bridgehead atoms. The standard InChI is InChI=1S/C16H16ClN3O2/c1-11-9-20(14-7-3-2-5-12(14)17)15(21)10-19(11)16(22)13-6-4-8-18-13/h2-8,11,18H,9-10H2,1H3/t11-/m0/s1. The summed E-state index contributed by atoms with van der Waals surface area (Å²) in [4.78, 5) is 31.0. The summed E-state index contributed by atoms with van der Waals surface area (Å²) >= 11 is 6.17. The Bertz CT molecular complexity index is 699. The Morgan fingerprint density at radius 2 is 2.05 bits per heavy atom. The van der Waals surface area contributed by atoms with E-state index >= 15 is 0 Å². The van der Waals surface area contributed by atoms with E-state index in [2.05, 4.69) is 4.98 Å². The number of halogens is 1. The lowest BCUT2D eigenvalue weighted by atomic mass is 10.1. The van der Waals surface area contributed by atoms with Crippen molar-refractivity contribution in [1.82, 2.24) is 9.88 Å². The molecule has 1 atom stereocenters. The maximum Gasteiger partial charge on any atom is 0.271 e. The second-order valence-electron chi connectivity index (χ2n) is 5.32. The van der Waals surface area contributed by atoms with Crippen LogP contribution in [0.5, 0.6) is 0 Å². The zero-order chi connectivity index (χ0) is 15.7. The minimum absolute atomic E-state index is 0.0459. The summed E-state index contributed by atoms with van der Waals surface area (Å²) in [6, 6.07) is 10.6. The van der Waals surface area contributed by atoms with E-state index in [0.29, 0.717) is 22.9 Å². The number of H-pyrrole nitrogens is 1. The number of carbonyl (C=O) groups is 2. The maximum atomic E-state index is 12.4. The molecule has 0 aliphatic carbocycles. The van der Waals surface area contributed by atoms with Gasteiger partial charge in [0.15, 0.2) is 0 Å². The van der Waals surface area contributed by atoms with Crippen LogP contribution < -0.4 is 4.90 Å². The van der Waals surface area contributed by atoms with Crippen LogP contribution in [0.1, 0.15) is 17.4 Å². The average Bonchev–Trinajstić information content (AvgIpc) is 3.03. The van der Waals surface area contributed by atoms with Gasteiger partial charge in [0.1, 0.15) is 12.2 Å². The van der Waals surface area contributed by atoms with Gasteiger partial charge in [-0.25, -0.2) is 0 Å². The molecule has 1 aromatic heterocycles. The van der Waals surface area contributed by atoms with Crippen molar-refractivity contribution in [2.75, 3.05) is 18.0 Å². The van der Waals surface area contributed by atoms with Crippen LogP contribution in [0.15, 0.2) is 42.6 Å². The molecule has 2 heterocycles. The molecule has 1 aliphatic rings. The lowest BCUT2D eigenvalue weighted by Crippen LogP contribution is -2.57. The third-order valence-electron chi connectivity index (χ3n) is 3.82. The van der Waals surface area contributed by atoms with Crippen molar-refractivity contribution in [1.29, 1.82) is 0 Å². The highest BCUT2D eigenvalue weighted by atomic mass is 35.5. The number of anilines is 1. The number of rotatable bonds is 2. The van der Waals surface area contributed by atoms with E-state index in [1.165, 1.54) is 0 Å². The molecule has 0 saturated carbocycles. The molecule has 2 aromatic rings. The summed E-state index contributed by atoms with van der Waals surface area (Å²) < 4.78 is 0. The van der Waals surface area contributed by atoms with Crippen molar-refractivity contribution in [3.05, 3.63) is 53.3 Å². The van der Waals surface area contributed by atoms with Crippen molar-refractivity contribution in [3.63, 3.8) is 0 Å². The van der Waals surface area contributed by atoms with Crippen LogP contribution in [-0.2, 0) is 4.79 Å². The highest BCUT2D eigenvalue weighted by molar-refractivity contribution is 6.33. The molecule has 3 rings (SSSR count). The Balaban J connectivity index is 1.82. The molecule has 2 amide bonds. The van der Waals surface area contributed by atoms with Crippen LogP contribution in [0.2, 0.25) is 5.02 Å². The number of aromatic nitrogens is 1. The van der Waals surface area contributed by atoms with Crippen molar-refractivity contribution < 1.29 is 9.59 Å². The monoisotopic (exact) mass is 317 g/mol. The first-order chi connectivity index (χ1) is 10.6. The lowest BCUT2D eigenvalue weighted by molar-refractivity contribution is -0.121. The molecule has 5 nitrogen and oxygen atoms in total. The minimum atomic E-state index is -0.162. The quantitative estimate of drug-likeness (QED) is 0.925. The summed E-state index contributed by atoms with van der Waals surface area (Å²) in [5.41, 5.74) is 1.18. The van der Waals surface area contributed by atoms with Crippen molar-refractivity contribution in [2.24, 2.45) is 0 Å². The van der Waals surface area contributed by atoms with Gasteiger partial charge in [-0.2, -0.15) is 0 Å². The topological polar surface area (TPSA) is 56.4 Å². The van der Waals surface area contributed by atoms with E-state index in [9.17, 15) is 9.59 Å². The summed E-state index contributed by atoms with van der Waals surface area (Å²) in [7, 11) is 0. The largest absolute Gasteiger partial charge is 0.357 e. The first-order valence-electron chi connectivity index (χ1n) is 7.07. The predicted octanol–water partition coefficient (Wildman–Crippen LogP) is 2.55. The average molecular weight is 318 g/mol. The number of hydrogen-bond donors (Lipinski definition) is 1. The molecule has 1 fully saturated rings. The predicted molar refractivity (Wildman–Crippen MR) is 85.1 cm³/mol. The Morgan fingerprint density at radius 3 is 2.73 bits per heavy atom. The second kappa shape index (κ2) is 5.85. The van der Waals surface area contributed by atoms with Crippen molar-refractivity contribution >= 4 is 29.1 Å². The van der Waals surface area contributed by atoms with Crippen LogP contribution in [0.25, 0.3) is 0 Å². The van der Waals surface area contributed by atoms with Crippen LogP contribution in [-0.4, -0.2) is 40.8 Å².